The number of ether oxygens (including phenoxy) is 3. The minimum absolute atomic E-state index is 0.0887. The normalized spacial score (nSPS) is 12.1. The number of benzene rings is 2. The molecule has 2 aromatic rings. The number of anilines is 1. The molecule has 13 heteroatoms. The molecule has 0 spiro atoms. The molecule has 0 radical (unpaired) electrons. The van der Waals surface area contributed by atoms with E-state index in [4.69, 9.17) is 19.9 Å². The van der Waals surface area contributed by atoms with Gasteiger partial charge in [-0.25, -0.2) is 9.59 Å². The van der Waals surface area contributed by atoms with Gasteiger partial charge in [-0.3, -0.25) is 19.7 Å². The molecule has 3 amide bonds. The summed E-state index contributed by atoms with van der Waals surface area (Å²) in [5, 5.41) is 15.7. The predicted molar refractivity (Wildman–Crippen MR) is 126 cm³/mol. The number of nitrogens with two attached hydrogens (primary N) is 1. The summed E-state index contributed by atoms with van der Waals surface area (Å²) in [7, 11) is 0. The van der Waals surface area contributed by atoms with Gasteiger partial charge in [0.15, 0.2) is 6.10 Å². The highest BCUT2D eigenvalue weighted by Gasteiger charge is 2.28. The van der Waals surface area contributed by atoms with Gasteiger partial charge < -0.3 is 30.6 Å². The minimum Gasteiger partial charge on any atom is -0.436 e. The zero-order valence-corrected chi connectivity index (χ0v) is 19.8. The van der Waals surface area contributed by atoms with Crippen LogP contribution < -0.4 is 21.1 Å². The highest BCUT2D eigenvalue weighted by molar-refractivity contribution is 5.97. The highest BCUT2D eigenvalue weighted by Crippen LogP contribution is 2.18. The molecular weight excluding hydrogens is 476 g/mol. The van der Waals surface area contributed by atoms with Gasteiger partial charge in [0, 0.05) is 17.8 Å². The molecule has 2 aromatic carbocycles. The number of nitrogens with zero attached hydrogens (tertiary/aromatic N) is 1. The molecule has 0 fully saturated rings. The molecule has 4 N–H and O–H groups in total. The Balaban J connectivity index is 1.83. The second kappa shape index (κ2) is 12.7. The van der Waals surface area contributed by atoms with E-state index in [-0.39, 0.29) is 24.0 Å². The van der Waals surface area contributed by atoms with E-state index < -0.39 is 41.1 Å². The third-order valence-corrected chi connectivity index (χ3v) is 4.69. The van der Waals surface area contributed by atoms with Gasteiger partial charge in [-0.2, -0.15) is 0 Å². The van der Waals surface area contributed by atoms with Gasteiger partial charge in [0.25, 0.3) is 11.6 Å². The fraction of sp³-hybridized carbons (Fsp3) is 0.304. The maximum atomic E-state index is 12.4. The van der Waals surface area contributed by atoms with E-state index in [0.29, 0.717) is 11.3 Å². The van der Waals surface area contributed by atoms with Crippen LogP contribution in [0.2, 0.25) is 0 Å². The number of amides is 3. The SMILES string of the molecule is CC(C)[C@H](OC(N)=O)C(=O)N[C@@H](C)C(=O)Nc1ccc(COC(=O)Oc2ccc([N+](=O)[O-])cc2)cc1. The van der Waals surface area contributed by atoms with Crippen molar-refractivity contribution in [3.63, 3.8) is 0 Å². The maximum Gasteiger partial charge on any atom is 0.514 e. The van der Waals surface area contributed by atoms with E-state index in [9.17, 15) is 29.3 Å². The number of nitro groups is 1. The van der Waals surface area contributed by atoms with Crippen molar-refractivity contribution in [2.45, 2.75) is 39.5 Å². The molecule has 0 saturated heterocycles. The second-order valence-electron chi connectivity index (χ2n) is 7.91. The van der Waals surface area contributed by atoms with E-state index in [2.05, 4.69) is 10.6 Å². The van der Waals surface area contributed by atoms with Gasteiger partial charge in [-0.15, -0.1) is 0 Å². The van der Waals surface area contributed by atoms with Crippen LogP contribution in [0.1, 0.15) is 26.3 Å². The molecule has 0 saturated carbocycles. The molecule has 0 aliphatic rings. The third kappa shape index (κ3) is 8.59. The average molecular weight is 502 g/mol. The molecule has 0 aliphatic heterocycles. The van der Waals surface area contributed by atoms with Crippen LogP contribution in [-0.4, -0.2) is 41.1 Å². The number of hydrogen-bond donors (Lipinski definition) is 3. The number of rotatable bonds is 10. The smallest absolute Gasteiger partial charge is 0.436 e. The van der Waals surface area contributed by atoms with Gasteiger partial charge in [-0.1, -0.05) is 26.0 Å². The second-order valence-corrected chi connectivity index (χ2v) is 7.91. The zero-order chi connectivity index (χ0) is 26.8. The summed E-state index contributed by atoms with van der Waals surface area (Å²) in [6.45, 7) is 4.67. The molecule has 2 atom stereocenters. The first kappa shape index (κ1) is 27.6. The number of nitrogens with one attached hydrogen (secondary N) is 2. The van der Waals surface area contributed by atoms with Gasteiger partial charge in [0.05, 0.1) is 4.92 Å². The van der Waals surface area contributed by atoms with Crippen LogP contribution in [0.3, 0.4) is 0 Å². The quantitative estimate of drug-likeness (QED) is 0.190. The molecular formula is C23H26N4O9. The minimum atomic E-state index is -1.14. The topological polar surface area (TPSA) is 189 Å². The number of carbonyl (C=O) groups is 4. The van der Waals surface area contributed by atoms with E-state index in [1.165, 1.54) is 31.2 Å². The number of primary amides is 1. The standard InChI is InChI=1S/C23H26N4O9/c1-13(2)19(36-22(24)30)21(29)25-14(3)20(28)26-16-6-4-15(5-7-16)12-34-23(31)35-18-10-8-17(9-11-18)27(32)33/h4-11,13-14,19H,12H2,1-3H3,(H2,24,30)(H,25,29)(H,26,28)/t14-,19-/m0/s1. The lowest BCUT2D eigenvalue weighted by Crippen LogP contribution is -2.49. The van der Waals surface area contributed by atoms with Crippen LogP contribution >= 0.6 is 0 Å². The molecule has 13 nitrogen and oxygen atoms in total. The molecule has 192 valence electrons. The maximum absolute atomic E-state index is 12.4. The summed E-state index contributed by atoms with van der Waals surface area (Å²) in [5.74, 6) is -1.43. The van der Waals surface area contributed by atoms with Crippen molar-refractivity contribution in [2.24, 2.45) is 11.7 Å². The molecule has 2 rings (SSSR count). The van der Waals surface area contributed by atoms with Crippen molar-refractivity contribution < 1.29 is 38.3 Å². The van der Waals surface area contributed by atoms with Gasteiger partial charge in [0.1, 0.15) is 18.4 Å². The lowest BCUT2D eigenvalue weighted by atomic mass is 10.1. The Labute approximate surface area is 206 Å². The van der Waals surface area contributed by atoms with Gasteiger partial charge in [-0.05, 0) is 42.7 Å². The molecule has 0 aliphatic carbocycles. The van der Waals surface area contributed by atoms with E-state index in [0.717, 1.165) is 0 Å². The average Bonchev–Trinajstić information content (AvgIpc) is 2.82. The molecule has 0 aromatic heterocycles. The summed E-state index contributed by atoms with van der Waals surface area (Å²) in [6.07, 6.45) is -3.22. The van der Waals surface area contributed by atoms with E-state index in [1.807, 2.05) is 0 Å². The van der Waals surface area contributed by atoms with Crippen molar-refractivity contribution in [3.8, 4) is 5.75 Å². The molecule has 36 heavy (non-hydrogen) atoms. The van der Waals surface area contributed by atoms with Crippen molar-refractivity contribution in [3.05, 3.63) is 64.2 Å². The van der Waals surface area contributed by atoms with Gasteiger partial charge >= 0.3 is 12.2 Å². The monoisotopic (exact) mass is 502 g/mol. The zero-order valence-electron chi connectivity index (χ0n) is 19.8. The summed E-state index contributed by atoms with van der Waals surface area (Å²) in [4.78, 5) is 57.6. The van der Waals surface area contributed by atoms with Crippen LogP contribution in [0.15, 0.2) is 48.5 Å². The summed E-state index contributed by atoms with van der Waals surface area (Å²) >= 11 is 0. The van der Waals surface area contributed by atoms with E-state index >= 15 is 0 Å². The summed E-state index contributed by atoms with van der Waals surface area (Å²) in [6, 6.07) is 10.3. The fourth-order valence-corrected chi connectivity index (χ4v) is 2.82. The molecule has 0 heterocycles. The largest absolute Gasteiger partial charge is 0.514 e. The number of carbonyl (C=O) groups excluding carboxylic acids is 4. The van der Waals surface area contributed by atoms with Crippen LogP contribution in [0.4, 0.5) is 21.0 Å². The first-order valence-electron chi connectivity index (χ1n) is 10.7. The van der Waals surface area contributed by atoms with Gasteiger partial charge in [0.2, 0.25) is 5.91 Å². The van der Waals surface area contributed by atoms with Crippen molar-refractivity contribution in [1.82, 2.24) is 5.32 Å². The van der Waals surface area contributed by atoms with Crippen molar-refractivity contribution in [2.75, 3.05) is 5.32 Å². The Morgan fingerprint density at radius 2 is 1.58 bits per heavy atom. The van der Waals surface area contributed by atoms with Crippen LogP contribution in [0, 0.1) is 16.0 Å². The first-order valence-corrected chi connectivity index (χ1v) is 10.7. The Morgan fingerprint density at radius 1 is 0.972 bits per heavy atom. The molecule has 0 unspecified atom stereocenters. The Morgan fingerprint density at radius 3 is 2.11 bits per heavy atom. The molecule has 0 bridgehead atoms. The third-order valence-electron chi connectivity index (χ3n) is 4.69. The van der Waals surface area contributed by atoms with Crippen LogP contribution in [0.5, 0.6) is 5.75 Å². The lowest BCUT2D eigenvalue weighted by molar-refractivity contribution is -0.384. The first-order chi connectivity index (χ1) is 17.0. The number of nitro benzene ring substituents is 1. The number of non-ortho nitro benzene ring substituents is 1. The van der Waals surface area contributed by atoms with E-state index in [1.54, 1.807) is 38.1 Å². The predicted octanol–water partition coefficient (Wildman–Crippen LogP) is 2.87. The van der Waals surface area contributed by atoms with Crippen molar-refractivity contribution >= 4 is 35.4 Å². The fourth-order valence-electron chi connectivity index (χ4n) is 2.82. The van der Waals surface area contributed by atoms with Crippen molar-refractivity contribution in [1.29, 1.82) is 0 Å². The Kier molecular flexibility index (Phi) is 9.72. The Hall–Kier alpha value is -4.68. The lowest BCUT2D eigenvalue weighted by Gasteiger charge is -2.22. The van der Waals surface area contributed by atoms with Crippen LogP contribution in [0.25, 0.3) is 0 Å². The number of hydrogen-bond acceptors (Lipinski definition) is 9. The summed E-state index contributed by atoms with van der Waals surface area (Å²) in [5.41, 5.74) is 5.86. The highest BCUT2D eigenvalue weighted by atomic mass is 16.7. The Bertz CT molecular complexity index is 1100. The van der Waals surface area contributed by atoms with Crippen LogP contribution in [-0.2, 0) is 25.7 Å². The summed E-state index contributed by atoms with van der Waals surface area (Å²) < 4.78 is 14.8.